The standard InChI is InChI=1S/C17H12ClN3O3S2/c18-13-3-7-15(8-4-13)26(23,24)14-5-1-12(2-6-14)9-20-21-17(22)16-10-25-11-19-16/h1-11H,(H,21,22). The molecule has 1 aromatic heterocycles. The Balaban J connectivity index is 1.71. The summed E-state index contributed by atoms with van der Waals surface area (Å²) in [5.74, 6) is -0.413. The van der Waals surface area contributed by atoms with Crippen molar-refractivity contribution in [1.82, 2.24) is 10.4 Å². The number of amides is 1. The summed E-state index contributed by atoms with van der Waals surface area (Å²) in [5, 5.41) is 5.91. The van der Waals surface area contributed by atoms with Crippen LogP contribution in [0.4, 0.5) is 0 Å². The lowest BCUT2D eigenvalue weighted by atomic mass is 10.2. The molecule has 0 unspecified atom stereocenters. The van der Waals surface area contributed by atoms with Crippen LogP contribution in [0.2, 0.25) is 5.02 Å². The van der Waals surface area contributed by atoms with E-state index in [1.807, 2.05) is 0 Å². The maximum atomic E-state index is 12.6. The quantitative estimate of drug-likeness (QED) is 0.520. The Morgan fingerprint density at radius 1 is 1.08 bits per heavy atom. The van der Waals surface area contributed by atoms with Gasteiger partial charge in [0.25, 0.3) is 5.91 Å². The highest BCUT2D eigenvalue weighted by molar-refractivity contribution is 7.91. The molecule has 0 saturated carbocycles. The van der Waals surface area contributed by atoms with Crippen molar-refractivity contribution in [2.75, 3.05) is 0 Å². The van der Waals surface area contributed by atoms with E-state index in [4.69, 9.17) is 11.6 Å². The molecule has 0 aliphatic rings. The van der Waals surface area contributed by atoms with Gasteiger partial charge in [-0.2, -0.15) is 5.10 Å². The van der Waals surface area contributed by atoms with E-state index in [-0.39, 0.29) is 15.5 Å². The van der Waals surface area contributed by atoms with Crippen LogP contribution >= 0.6 is 22.9 Å². The fourth-order valence-electron chi connectivity index (χ4n) is 2.03. The van der Waals surface area contributed by atoms with Crippen molar-refractivity contribution < 1.29 is 13.2 Å². The molecule has 0 radical (unpaired) electrons. The fourth-order valence-corrected chi connectivity index (χ4v) is 3.95. The zero-order valence-electron chi connectivity index (χ0n) is 13.2. The molecule has 132 valence electrons. The number of sulfone groups is 1. The number of halogens is 1. The van der Waals surface area contributed by atoms with Crippen LogP contribution in [0.3, 0.4) is 0 Å². The second-order valence-electron chi connectivity index (χ2n) is 5.10. The number of rotatable bonds is 5. The highest BCUT2D eigenvalue weighted by atomic mass is 35.5. The lowest BCUT2D eigenvalue weighted by molar-refractivity contribution is 0.0951. The van der Waals surface area contributed by atoms with E-state index < -0.39 is 15.7 Å². The predicted molar refractivity (Wildman–Crippen MR) is 101 cm³/mol. The summed E-state index contributed by atoms with van der Waals surface area (Å²) in [7, 11) is -3.62. The van der Waals surface area contributed by atoms with Gasteiger partial charge in [0.05, 0.1) is 21.5 Å². The minimum absolute atomic E-state index is 0.156. The third kappa shape index (κ3) is 4.16. The maximum Gasteiger partial charge on any atom is 0.290 e. The summed E-state index contributed by atoms with van der Waals surface area (Å²) in [6, 6.07) is 12.1. The van der Waals surface area contributed by atoms with Crippen LogP contribution in [0.1, 0.15) is 16.1 Å². The van der Waals surface area contributed by atoms with Crippen LogP contribution in [-0.2, 0) is 9.84 Å². The Morgan fingerprint density at radius 3 is 2.27 bits per heavy atom. The number of thiazole rings is 1. The van der Waals surface area contributed by atoms with E-state index in [2.05, 4.69) is 15.5 Å². The second-order valence-corrected chi connectivity index (χ2v) is 8.20. The van der Waals surface area contributed by atoms with Gasteiger partial charge in [-0.1, -0.05) is 23.7 Å². The zero-order valence-corrected chi connectivity index (χ0v) is 15.6. The number of nitrogens with zero attached hydrogens (tertiary/aromatic N) is 2. The number of aromatic nitrogens is 1. The molecule has 0 spiro atoms. The molecule has 1 heterocycles. The molecule has 26 heavy (non-hydrogen) atoms. The van der Waals surface area contributed by atoms with Gasteiger partial charge in [-0.05, 0) is 42.0 Å². The van der Waals surface area contributed by atoms with Crippen molar-refractivity contribution in [1.29, 1.82) is 0 Å². The van der Waals surface area contributed by atoms with Gasteiger partial charge in [-0.3, -0.25) is 4.79 Å². The van der Waals surface area contributed by atoms with E-state index in [9.17, 15) is 13.2 Å². The minimum Gasteiger partial charge on any atom is -0.266 e. The van der Waals surface area contributed by atoms with Gasteiger partial charge < -0.3 is 0 Å². The summed E-state index contributed by atoms with van der Waals surface area (Å²) in [4.78, 5) is 15.9. The molecule has 2 aromatic carbocycles. The second kappa shape index (κ2) is 7.77. The van der Waals surface area contributed by atoms with Gasteiger partial charge in [0, 0.05) is 10.4 Å². The fraction of sp³-hybridized carbons (Fsp3) is 0. The first kappa shape index (κ1) is 18.2. The number of hydrogen-bond donors (Lipinski definition) is 1. The molecule has 0 aliphatic carbocycles. The Bertz CT molecular complexity index is 1030. The van der Waals surface area contributed by atoms with Gasteiger partial charge in [-0.15, -0.1) is 11.3 Å². The first-order valence-electron chi connectivity index (χ1n) is 7.29. The van der Waals surface area contributed by atoms with E-state index in [1.165, 1.54) is 53.9 Å². The normalized spacial score (nSPS) is 11.6. The number of nitrogens with one attached hydrogen (secondary N) is 1. The van der Waals surface area contributed by atoms with Crippen LogP contribution in [0.25, 0.3) is 0 Å². The summed E-state index contributed by atoms with van der Waals surface area (Å²) < 4.78 is 25.1. The van der Waals surface area contributed by atoms with E-state index in [0.29, 0.717) is 10.6 Å². The predicted octanol–water partition coefficient (Wildman–Crippen LogP) is 3.39. The Morgan fingerprint density at radius 2 is 1.69 bits per heavy atom. The van der Waals surface area contributed by atoms with Crippen molar-refractivity contribution in [3.8, 4) is 0 Å². The van der Waals surface area contributed by atoms with Gasteiger partial charge in [0.2, 0.25) is 9.84 Å². The SMILES string of the molecule is O=C(NN=Cc1ccc(S(=O)(=O)c2ccc(Cl)cc2)cc1)c1cscn1. The Kier molecular flexibility index (Phi) is 5.46. The number of carbonyl (C=O) groups is 1. The van der Waals surface area contributed by atoms with Crippen molar-refractivity contribution in [3.05, 3.63) is 75.7 Å². The third-order valence-electron chi connectivity index (χ3n) is 3.36. The molecule has 0 fully saturated rings. The molecule has 0 atom stereocenters. The van der Waals surface area contributed by atoms with E-state index in [0.717, 1.165) is 0 Å². The summed E-state index contributed by atoms with van der Waals surface area (Å²) in [5.41, 5.74) is 4.83. The molecule has 0 saturated heterocycles. The van der Waals surface area contributed by atoms with Crippen molar-refractivity contribution in [2.24, 2.45) is 5.10 Å². The molecular formula is C17H12ClN3O3S2. The molecule has 1 N–H and O–H groups in total. The molecular weight excluding hydrogens is 394 g/mol. The topological polar surface area (TPSA) is 88.5 Å². The summed E-state index contributed by atoms with van der Waals surface area (Å²) in [6.07, 6.45) is 1.42. The smallest absolute Gasteiger partial charge is 0.266 e. The third-order valence-corrected chi connectivity index (χ3v) is 5.98. The van der Waals surface area contributed by atoms with Crippen molar-refractivity contribution in [3.63, 3.8) is 0 Å². The molecule has 1 amide bonds. The number of benzene rings is 2. The number of carbonyl (C=O) groups excluding carboxylic acids is 1. The first-order valence-corrected chi connectivity index (χ1v) is 10.1. The molecule has 3 aromatic rings. The van der Waals surface area contributed by atoms with Gasteiger partial charge in [0.1, 0.15) is 5.69 Å². The van der Waals surface area contributed by atoms with Crippen LogP contribution in [0.5, 0.6) is 0 Å². The van der Waals surface area contributed by atoms with Crippen LogP contribution in [0, 0.1) is 0 Å². The highest BCUT2D eigenvalue weighted by Crippen LogP contribution is 2.22. The van der Waals surface area contributed by atoms with Crippen molar-refractivity contribution >= 4 is 44.9 Å². The highest BCUT2D eigenvalue weighted by Gasteiger charge is 2.17. The lowest BCUT2D eigenvalue weighted by Crippen LogP contribution is -2.17. The van der Waals surface area contributed by atoms with Gasteiger partial charge in [0.15, 0.2) is 0 Å². The monoisotopic (exact) mass is 405 g/mol. The zero-order chi connectivity index (χ0) is 18.6. The lowest BCUT2D eigenvalue weighted by Gasteiger charge is -2.05. The number of hydrazone groups is 1. The minimum atomic E-state index is -3.62. The largest absolute Gasteiger partial charge is 0.290 e. The number of hydrogen-bond acceptors (Lipinski definition) is 6. The van der Waals surface area contributed by atoms with E-state index >= 15 is 0 Å². The summed E-state index contributed by atoms with van der Waals surface area (Å²) in [6.45, 7) is 0. The van der Waals surface area contributed by atoms with Crippen LogP contribution in [0.15, 0.2) is 74.3 Å². The van der Waals surface area contributed by atoms with Crippen LogP contribution in [-0.4, -0.2) is 25.5 Å². The average molecular weight is 406 g/mol. The Hall–Kier alpha value is -2.55. The van der Waals surface area contributed by atoms with Crippen molar-refractivity contribution in [2.45, 2.75) is 9.79 Å². The average Bonchev–Trinajstić information content (AvgIpc) is 3.17. The first-order chi connectivity index (χ1) is 12.5. The molecule has 6 nitrogen and oxygen atoms in total. The maximum absolute atomic E-state index is 12.6. The molecule has 3 rings (SSSR count). The van der Waals surface area contributed by atoms with Gasteiger partial charge in [-0.25, -0.2) is 18.8 Å². The van der Waals surface area contributed by atoms with Crippen LogP contribution < -0.4 is 5.43 Å². The van der Waals surface area contributed by atoms with E-state index in [1.54, 1.807) is 23.0 Å². The molecule has 0 bridgehead atoms. The van der Waals surface area contributed by atoms with Gasteiger partial charge >= 0.3 is 0 Å². The molecule has 9 heteroatoms. The Labute approximate surface area is 159 Å². The molecule has 0 aliphatic heterocycles. The summed E-state index contributed by atoms with van der Waals surface area (Å²) >= 11 is 7.10.